The molecule has 5 nitrogen and oxygen atoms in total. The number of urea groups is 1. The number of hydrogen-bond donors (Lipinski definition) is 1. The number of hydrogen-bond acceptors (Lipinski definition) is 3. The van der Waals surface area contributed by atoms with Gasteiger partial charge in [0.25, 0.3) is 0 Å². The van der Waals surface area contributed by atoms with Gasteiger partial charge in [-0.1, -0.05) is 6.07 Å². The molecule has 118 valence electrons. The Bertz CT molecular complexity index is 531. The highest BCUT2D eigenvalue weighted by Gasteiger charge is 2.45. The number of amides is 2. The van der Waals surface area contributed by atoms with E-state index in [9.17, 15) is 4.79 Å². The first kappa shape index (κ1) is 14.0. The molecule has 5 heteroatoms. The number of rotatable bonds is 4. The van der Waals surface area contributed by atoms with Gasteiger partial charge in [0.2, 0.25) is 0 Å². The van der Waals surface area contributed by atoms with Gasteiger partial charge in [0, 0.05) is 44.6 Å². The van der Waals surface area contributed by atoms with Crippen molar-refractivity contribution < 1.29 is 4.79 Å². The average Bonchev–Trinajstić information content (AvgIpc) is 3.12. The molecule has 22 heavy (non-hydrogen) atoms. The molecule has 4 rings (SSSR count). The Balaban J connectivity index is 1.32. The van der Waals surface area contributed by atoms with Gasteiger partial charge in [-0.3, -0.25) is 9.88 Å². The van der Waals surface area contributed by atoms with Crippen LogP contribution in [0.15, 0.2) is 24.5 Å². The maximum Gasteiger partial charge on any atom is 0.317 e. The van der Waals surface area contributed by atoms with Crippen molar-refractivity contribution >= 4 is 6.03 Å². The van der Waals surface area contributed by atoms with E-state index in [4.69, 9.17) is 0 Å². The first-order valence-corrected chi connectivity index (χ1v) is 8.48. The number of aromatic nitrogens is 1. The fourth-order valence-electron chi connectivity index (χ4n) is 3.97. The van der Waals surface area contributed by atoms with E-state index in [2.05, 4.69) is 20.1 Å². The number of nitrogens with zero attached hydrogens (tertiary/aromatic N) is 3. The van der Waals surface area contributed by atoms with Crippen molar-refractivity contribution in [3.05, 3.63) is 30.1 Å². The van der Waals surface area contributed by atoms with E-state index < -0.39 is 0 Å². The molecule has 1 N–H and O–H groups in total. The quantitative estimate of drug-likeness (QED) is 0.923. The number of nitrogens with one attached hydrogen (secondary N) is 1. The molecule has 0 bridgehead atoms. The third-order valence-corrected chi connectivity index (χ3v) is 5.31. The van der Waals surface area contributed by atoms with Crippen molar-refractivity contribution in [3.63, 3.8) is 0 Å². The summed E-state index contributed by atoms with van der Waals surface area (Å²) in [6, 6.07) is 5.01. The van der Waals surface area contributed by atoms with Gasteiger partial charge in [-0.2, -0.15) is 0 Å². The summed E-state index contributed by atoms with van der Waals surface area (Å²) in [6.45, 7) is 3.88. The average molecular weight is 300 g/mol. The van der Waals surface area contributed by atoms with Crippen LogP contribution in [0, 0.1) is 5.92 Å². The van der Waals surface area contributed by atoms with E-state index >= 15 is 0 Å². The number of pyridine rings is 1. The molecule has 3 aliphatic rings. The Morgan fingerprint density at radius 2 is 2.09 bits per heavy atom. The fourth-order valence-corrected chi connectivity index (χ4v) is 3.97. The van der Waals surface area contributed by atoms with E-state index in [0.29, 0.717) is 18.6 Å². The van der Waals surface area contributed by atoms with Gasteiger partial charge in [-0.15, -0.1) is 0 Å². The first-order chi connectivity index (χ1) is 10.8. The van der Waals surface area contributed by atoms with Crippen molar-refractivity contribution in [1.29, 1.82) is 0 Å². The zero-order valence-corrected chi connectivity index (χ0v) is 12.9. The van der Waals surface area contributed by atoms with Crippen LogP contribution in [0.2, 0.25) is 0 Å². The second-order valence-corrected chi connectivity index (χ2v) is 6.86. The molecular formula is C17H24N4O. The summed E-state index contributed by atoms with van der Waals surface area (Å²) in [6.07, 6.45) is 8.64. The SMILES string of the molecule is O=C(NCc1cccnc1)N1CC[C@H]2[C@@H]1CCN2CC1CC1. The number of fused-ring (bicyclic) bond motifs is 1. The molecule has 3 fully saturated rings. The van der Waals surface area contributed by atoms with E-state index in [1.165, 1.54) is 19.4 Å². The summed E-state index contributed by atoms with van der Waals surface area (Å²) in [5.74, 6) is 0.937. The highest BCUT2D eigenvalue weighted by Crippen LogP contribution is 2.36. The second-order valence-electron chi connectivity index (χ2n) is 6.86. The fraction of sp³-hybridized carbons (Fsp3) is 0.647. The van der Waals surface area contributed by atoms with Crippen LogP contribution in [0.5, 0.6) is 0 Å². The Labute approximate surface area is 131 Å². The molecule has 2 saturated heterocycles. The zero-order chi connectivity index (χ0) is 14.9. The van der Waals surface area contributed by atoms with Gasteiger partial charge in [-0.05, 0) is 43.2 Å². The lowest BCUT2D eigenvalue weighted by Crippen LogP contribution is -2.44. The van der Waals surface area contributed by atoms with Gasteiger partial charge in [0.05, 0.1) is 6.04 Å². The minimum absolute atomic E-state index is 0.0876. The minimum atomic E-state index is 0.0876. The van der Waals surface area contributed by atoms with Crippen molar-refractivity contribution in [3.8, 4) is 0 Å². The molecule has 0 spiro atoms. The van der Waals surface area contributed by atoms with Gasteiger partial charge < -0.3 is 10.2 Å². The summed E-state index contributed by atoms with van der Waals surface area (Å²) in [5, 5.41) is 3.05. The van der Waals surface area contributed by atoms with Crippen LogP contribution in [-0.2, 0) is 6.54 Å². The van der Waals surface area contributed by atoms with E-state index in [1.54, 1.807) is 12.4 Å². The smallest absolute Gasteiger partial charge is 0.317 e. The predicted molar refractivity (Wildman–Crippen MR) is 84.3 cm³/mol. The monoisotopic (exact) mass is 300 g/mol. The topological polar surface area (TPSA) is 48.5 Å². The van der Waals surface area contributed by atoms with Gasteiger partial charge >= 0.3 is 6.03 Å². The highest BCUT2D eigenvalue weighted by molar-refractivity contribution is 5.75. The molecule has 2 aliphatic heterocycles. The summed E-state index contributed by atoms with van der Waals surface area (Å²) < 4.78 is 0. The zero-order valence-electron chi connectivity index (χ0n) is 12.9. The molecular weight excluding hydrogens is 276 g/mol. The van der Waals surface area contributed by atoms with Crippen molar-refractivity contribution in [1.82, 2.24) is 20.1 Å². The van der Waals surface area contributed by atoms with E-state index in [1.807, 2.05) is 12.1 Å². The van der Waals surface area contributed by atoms with Crippen molar-refractivity contribution in [2.24, 2.45) is 5.92 Å². The maximum absolute atomic E-state index is 12.5. The number of carbonyl (C=O) groups is 1. The molecule has 2 amide bonds. The minimum Gasteiger partial charge on any atom is -0.334 e. The van der Waals surface area contributed by atoms with Crippen LogP contribution in [0.3, 0.4) is 0 Å². The largest absolute Gasteiger partial charge is 0.334 e. The van der Waals surface area contributed by atoms with Crippen LogP contribution in [0.4, 0.5) is 4.79 Å². The molecule has 0 radical (unpaired) electrons. The maximum atomic E-state index is 12.5. The summed E-state index contributed by atoms with van der Waals surface area (Å²) >= 11 is 0. The Kier molecular flexibility index (Phi) is 3.74. The molecule has 1 aromatic rings. The normalized spacial score (nSPS) is 27.9. The predicted octanol–water partition coefficient (Wildman–Crippen LogP) is 1.85. The Morgan fingerprint density at radius 1 is 1.23 bits per heavy atom. The van der Waals surface area contributed by atoms with Gasteiger partial charge in [0.15, 0.2) is 0 Å². The second kappa shape index (κ2) is 5.88. The molecule has 1 aliphatic carbocycles. The third kappa shape index (κ3) is 2.82. The molecule has 1 saturated carbocycles. The van der Waals surface area contributed by atoms with Gasteiger partial charge in [0.1, 0.15) is 0 Å². The van der Waals surface area contributed by atoms with Crippen LogP contribution in [-0.4, -0.2) is 52.5 Å². The summed E-state index contributed by atoms with van der Waals surface area (Å²) in [7, 11) is 0. The first-order valence-electron chi connectivity index (χ1n) is 8.48. The van der Waals surface area contributed by atoms with E-state index in [0.717, 1.165) is 37.4 Å². The molecule has 2 atom stereocenters. The lowest BCUT2D eigenvalue weighted by atomic mass is 10.1. The number of carbonyl (C=O) groups excluding carboxylic acids is 1. The number of likely N-dealkylation sites (tertiary alicyclic amines) is 2. The van der Waals surface area contributed by atoms with Crippen molar-refractivity contribution in [2.75, 3.05) is 19.6 Å². The Hall–Kier alpha value is -1.62. The molecule has 3 heterocycles. The van der Waals surface area contributed by atoms with Crippen LogP contribution < -0.4 is 5.32 Å². The van der Waals surface area contributed by atoms with Gasteiger partial charge in [-0.25, -0.2) is 4.79 Å². The third-order valence-electron chi connectivity index (χ3n) is 5.31. The van der Waals surface area contributed by atoms with Crippen molar-refractivity contribution in [2.45, 2.75) is 44.3 Å². The highest BCUT2D eigenvalue weighted by atomic mass is 16.2. The lowest BCUT2D eigenvalue weighted by Gasteiger charge is -2.25. The standard InChI is InChI=1S/C17H24N4O/c22-17(19-11-14-2-1-7-18-10-14)21-9-6-15-16(21)5-8-20(15)12-13-3-4-13/h1-2,7,10,13,15-16H,3-6,8-9,11-12H2,(H,19,22)/t15-,16-/m0/s1. The van der Waals surface area contributed by atoms with Crippen LogP contribution in [0.25, 0.3) is 0 Å². The lowest BCUT2D eigenvalue weighted by molar-refractivity contribution is 0.187. The molecule has 1 aromatic heterocycles. The van der Waals surface area contributed by atoms with E-state index in [-0.39, 0.29) is 6.03 Å². The van der Waals surface area contributed by atoms with Crippen LogP contribution >= 0.6 is 0 Å². The van der Waals surface area contributed by atoms with Crippen LogP contribution in [0.1, 0.15) is 31.2 Å². The summed E-state index contributed by atoms with van der Waals surface area (Å²) in [4.78, 5) is 21.3. The molecule has 0 aromatic carbocycles. The Morgan fingerprint density at radius 3 is 2.86 bits per heavy atom. The molecule has 0 unspecified atom stereocenters. The summed E-state index contributed by atoms with van der Waals surface area (Å²) in [5.41, 5.74) is 1.05.